The minimum atomic E-state index is 0.299. The van der Waals surface area contributed by atoms with E-state index in [1.54, 1.807) is 32.7 Å². The average molecular weight is 307 g/mol. The van der Waals surface area contributed by atoms with Crippen LogP contribution in [0.5, 0.6) is 11.5 Å². The van der Waals surface area contributed by atoms with Gasteiger partial charge in [-0.15, -0.1) is 11.3 Å². The lowest BCUT2D eigenvalue weighted by molar-refractivity contribution is 0.184. The number of hydrogen-bond donors (Lipinski definition) is 0. The van der Waals surface area contributed by atoms with Crippen molar-refractivity contribution in [2.45, 2.75) is 19.8 Å². The third-order valence-corrected chi connectivity index (χ3v) is 4.51. The van der Waals surface area contributed by atoms with E-state index in [1.807, 2.05) is 18.2 Å². The van der Waals surface area contributed by atoms with E-state index in [4.69, 9.17) is 19.2 Å². The molecule has 5 heteroatoms. The maximum Gasteiger partial charge on any atom is 0.161 e. The Kier molecular flexibility index (Phi) is 5.20. The van der Waals surface area contributed by atoms with E-state index >= 15 is 0 Å². The molecular weight excluding hydrogens is 286 g/mol. The van der Waals surface area contributed by atoms with Crippen LogP contribution in [0.15, 0.2) is 18.2 Å². The number of nitrogens with zero attached hydrogens (tertiary/aromatic N) is 1. The minimum absolute atomic E-state index is 0.299. The second-order valence-electron chi connectivity index (χ2n) is 4.88. The molecular formula is C16H21NO3S. The molecule has 1 heterocycles. The first-order valence-electron chi connectivity index (χ1n) is 6.79. The van der Waals surface area contributed by atoms with Crippen molar-refractivity contribution < 1.29 is 14.2 Å². The third-order valence-electron chi connectivity index (χ3n) is 3.31. The highest BCUT2D eigenvalue weighted by molar-refractivity contribution is 7.12. The van der Waals surface area contributed by atoms with Gasteiger partial charge in [0.2, 0.25) is 0 Å². The lowest BCUT2D eigenvalue weighted by Gasteiger charge is -2.09. The molecule has 0 spiro atoms. The summed E-state index contributed by atoms with van der Waals surface area (Å²) < 4.78 is 15.8. The summed E-state index contributed by atoms with van der Waals surface area (Å²) in [5, 5.41) is 1.10. The first kappa shape index (κ1) is 15.8. The van der Waals surface area contributed by atoms with Crippen LogP contribution in [0, 0.1) is 6.92 Å². The van der Waals surface area contributed by atoms with Gasteiger partial charge in [-0.2, -0.15) is 0 Å². The van der Waals surface area contributed by atoms with Gasteiger partial charge in [0.15, 0.2) is 11.5 Å². The third kappa shape index (κ3) is 3.36. The van der Waals surface area contributed by atoms with Gasteiger partial charge in [-0.1, -0.05) is 6.92 Å². The molecule has 21 heavy (non-hydrogen) atoms. The second kappa shape index (κ2) is 6.91. The lowest BCUT2D eigenvalue weighted by atomic mass is 10.1. The molecule has 0 N–H and O–H groups in total. The fourth-order valence-corrected chi connectivity index (χ4v) is 3.18. The number of aromatic nitrogens is 1. The van der Waals surface area contributed by atoms with E-state index in [0.29, 0.717) is 18.3 Å². The Morgan fingerprint density at radius 2 is 1.86 bits per heavy atom. The van der Waals surface area contributed by atoms with Gasteiger partial charge in [-0.05, 0) is 25.1 Å². The first-order chi connectivity index (χ1) is 10.1. The molecule has 1 aromatic heterocycles. The van der Waals surface area contributed by atoms with Crippen LogP contribution < -0.4 is 9.47 Å². The van der Waals surface area contributed by atoms with Crippen molar-refractivity contribution in [3.8, 4) is 22.8 Å². The van der Waals surface area contributed by atoms with Crippen LogP contribution in [0.4, 0.5) is 0 Å². The number of ether oxygens (including phenoxy) is 3. The molecule has 0 aliphatic rings. The molecule has 2 rings (SSSR count). The van der Waals surface area contributed by atoms with Gasteiger partial charge in [0.25, 0.3) is 0 Å². The summed E-state index contributed by atoms with van der Waals surface area (Å²) in [6.07, 6.45) is 0. The molecule has 0 saturated heterocycles. The van der Waals surface area contributed by atoms with Crippen LogP contribution >= 0.6 is 11.3 Å². The van der Waals surface area contributed by atoms with Crippen LogP contribution in [-0.2, 0) is 4.74 Å². The summed E-state index contributed by atoms with van der Waals surface area (Å²) in [4.78, 5) is 5.97. The van der Waals surface area contributed by atoms with E-state index in [1.165, 1.54) is 4.88 Å². The Morgan fingerprint density at radius 1 is 1.14 bits per heavy atom. The number of thiazole rings is 1. The molecule has 0 fully saturated rings. The molecule has 0 unspecified atom stereocenters. The Labute approximate surface area is 129 Å². The molecule has 114 valence electrons. The van der Waals surface area contributed by atoms with E-state index in [0.717, 1.165) is 22.0 Å². The molecule has 0 bridgehead atoms. The van der Waals surface area contributed by atoms with Gasteiger partial charge >= 0.3 is 0 Å². The zero-order valence-electron chi connectivity index (χ0n) is 13.1. The van der Waals surface area contributed by atoms with Gasteiger partial charge in [-0.25, -0.2) is 4.98 Å². The van der Waals surface area contributed by atoms with Gasteiger partial charge in [0.1, 0.15) is 0 Å². The monoisotopic (exact) mass is 307 g/mol. The summed E-state index contributed by atoms with van der Waals surface area (Å²) in [5.74, 6) is 1.74. The maximum atomic E-state index is 5.36. The zero-order chi connectivity index (χ0) is 15.4. The van der Waals surface area contributed by atoms with Crippen molar-refractivity contribution in [1.82, 2.24) is 4.98 Å². The quantitative estimate of drug-likeness (QED) is 0.812. The van der Waals surface area contributed by atoms with E-state index in [9.17, 15) is 0 Å². The van der Waals surface area contributed by atoms with Crippen molar-refractivity contribution in [3.63, 3.8) is 0 Å². The van der Waals surface area contributed by atoms with Gasteiger partial charge in [0, 0.05) is 23.5 Å². The Bertz CT molecular complexity index is 610. The van der Waals surface area contributed by atoms with Crippen molar-refractivity contribution in [2.24, 2.45) is 0 Å². The average Bonchev–Trinajstić information content (AvgIpc) is 2.89. The highest BCUT2D eigenvalue weighted by atomic mass is 32.1. The maximum absolute atomic E-state index is 5.36. The van der Waals surface area contributed by atoms with Gasteiger partial charge < -0.3 is 14.2 Å². The van der Waals surface area contributed by atoms with Crippen LogP contribution in [0.2, 0.25) is 0 Å². The second-order valence-corrected chi connectivity index (χ2v) is 6.12. The number of hydrogen-bond acceptors (Lipinski definition) is 5. The predicted molar refractivity (Wildman–Crippen MR) is 85.7 cm³/mol. The normalized spacial score (nSPS) is 12.2. The summed E-state index contributed by atoms with van der Waals surface area (Å²) in [6, 6.07) is 5.88. The van der Waals surface area contributed by atoms with E-state index < -0.39 is 0 Å². The van der Waals surface area contributed by atoms with Crippen molar-refractivity contribution in [1.29, 1.82) is 0 Å². The molecule has 0 saturated carbocycles. The van der Waals surface area contributed by atoms with Crippen molar-refractivity contribution in [2.75, 3.05) is 27.9 Å². The number of methoxy groups -OCH3 is 3. The summed E-state index contributed by atoms with van der Waals surface area (Å²) in [5.41, 5.74) is 2.04. The lowest BCUT2D eigenvalue weighted by Crippen LogP contribution is -2.01. The molecule has 1 aromatic carbocycles. The van der Waals surface area contributed by atoms with E-state index in [-0.39, 0.29) is 0 Å². The van der Waals surface area contributed by atoms with Crippen molar-refractivity contribution >= 4 is 11.3 Å². The first-order valence-corrected chi connectivity index (χ1v) is 7.61. The molecule has 0 amide bonds. The summed E-state index contributed by atoms with van der Waals surface area (Å²) in [6.45, 7) is 4.89. The van der Waals surface area contributed by atoms with Gasteiger partial charge in [-0.3, -0.25) is 0 Å². The Morgan fingerprint density at radius 3 is 2.48 bits per heavy atom. The molecule has 4 nitrogen and oxygen atoms in total. The van der Waals surface area contributed by atoms with Gasteiger partial charge in [0.05, 0.1) is 31.5 Å². The Balaban J connectivity index is 2.38. The molecule has 0 radical (unpaired) electrons. The summed E-state index contributed by atoms with van der Waals surface area (Å²) in [7, 11) is 4.99. The number of benzene rings is 1. The molecule has 2 aromatic rings. The predicted octanol–water partition coefficient (Wildman–Crippen LogP) is 3.89. The smallest absolute Gasteiger partial charge is 0.161 e. The Hall–Kier alpha value is -1.59. The molecule has 0 aliphatic heterocycles. The highest BCUT2D eigenvalue weighted by Crippen LogP contribution is 2.36. The minimum Gasteiger partial charge on any atom is -0.493 e. The van der Waals surface area contributed by atoms with Crippen LogP contribution in [-0.4, -0.2) is 32.9 Å². The topological polar surface area (TPSA) is 40.6 Å². The summed E-state index contributed by atoms with van der Waals surface area (Å²) >= 11 is 1.72. The number of rotatable bonds is 6. The fraction of sp³-hybridized carbons (Fsp3) is 0.438. The zero-order valence-corrected chi connectivity index (χ0v) is 13.9. The van der Waals surface area contributed by atoms with E-state index in [2.05, 4.69) is 13.8 Å². The fourth-order valence-electron chi connectivity index (χ4n) is 2.20. The standard InChI is InChI=1S/C16H21NO3S/c1-10(9-18-3)16-17-15(11(2)21-16)12-6-7-13(19-4)14(8-12)20-5/h6-8,10H,9H2,1-5H3/t10-/m0/s1. The van der Waals surface area contributed by atoms with Crippen molar-refractivity contribution in [3.05, 3.63) is 28.1 Å². The number of aryl methyl sites for hydroxylation is 1. The molecule has 1 atom stereocenters. The molecule has 0 aliphatic carbocycles. The van der Waals surface area contributed by atoms with Crippen LogP contribution in [0.1, 0.15) is 22.7 Å². The van der Waals surface area contributed by atoms with Crippen LogP contribution in [0.25, 0.3) is 11.3 Å². The van der Waals surface area contributed by atoms with Crippen LogP contribution in [0.3, 0.4) is 0 Å². The largest absolute Gasteiger partial charge is 0.493 e. The highest BCUT2D eigenvalue weighted by Gasteiger charge is 2.16. The SMILES string of the molecule is COC[C@H](C)c1nc(-c2ccc(OC)c(OC)c2)c(C)s1.